The van der Waals surface area contributed by atoms with Crippen molar-refractivity contribution >= 4 is 33.1 Å². The van der Waals surface area contributed by atoms with E-state index in [4.69, 9.17) is 5.73 Å². The number of halogens is 1. The smallest absolute Gasteiger partial charge is 0.263 e. The lowest BCUT2D eigenvalue weighted by atomic mass is 9.96. The Kier molecular flexibility index (Phi) is 5.12. The number of aromatic nitrogens is 2. The van der Waals surface area contributed by atoms with E-state index in [2.05, 4.69) is 15.5 Å². The lowest BCUT2D eigenvalue weighted by molar-refractivity contribution is 0.0299. The van der Waals surface area contributed by atoms with Gasteiger partial charge in [0.15, 0.2) is 0 Å². The molecule has 0 fully saturated rings. The largest absolute Gasteiger partial charge is 0.397 e. The Morgan fingerprint density at radius 1 is 1.30 bits per heavy atom. The summed E-state index contributed by atoms with van der Waals surface area (Å²) in [7, 11) is 0. The molecule has 2 aromatic heterocycles. The molecule has 142 valence electrons. The van der Waals surface area contributed by atoms with E-state index in [1.807, 2.05) is 13.8 Å². The summed E-state index contributed by atoms with van der Waals surface area (Å²) < 4.78 is 12.9. The number of carbonyl (C=O) groups is 1. The molecule has 1 aromatic carbocycles. The van der Waals surface area contributed by atoms with Crippen LogP contribution in [0.2, 0.25) is 0 Å². The third-order valence-electron chi connectivity index (χ3n) is 4.63. The highest BCUT2D eigenvalue weighted by atomic mass is 32.1. The molecule has 1 unspecified atom stereocenters. The van der Waals surface area contributed by atoms with E-state index in [9.17, 15) is 14.3 Å². The number of fused-ring (bicyclic) bond motifs is 1. The predicted octanol–water partition coefficient (Wildman–Crippen LogP) is 3.00. The minimum Gasteiger partial charge on any atom is -0.397 e. The maximum atomic E-state index is 12.9. The van der Waals surface area contributed by atoms with Crippen LogP contribution in [-0.4, -0.2) is 27.9 Å². The van der Waals surface area contributed by atoms with Gasteiger partial charge in [-0.1, -0.05) is 24.3 Å². The first-order valence-corrected chi connectivity index (χ1v) is 9.24. The fraction of sp³-hybridized carbons (Fsp3) is 0.316. The third kappa shape index (κ3) is 3.63. The number of thiophene rings is 1. The number of benzene rings is 1. The summed E-state index contributed by atoms with van der Waals surface area (Å²) in [4.78, 5) is 13.6. The average molecular weight is 388 g/mol. The second-order valence-electron chi connectivity index (χ2n) is 6.72. The number of hydrogen-bond donors (Lipinski definition) is 3. The number of hydrogen-bond acceptors (Lipinski definition) is 6. The van der Waals surface area contributed by atoms with Crippen LogP contribution in [0.1, 0.15) is 39.0 Å². The van der Waals surface area contributed by atoms with Gasteiger partial charge in [-0.15, -0.1) is 16.4 Å². The minimum atomic E-state index is -1.51. The molecule has 6 nitrogen and oxygen atoms in total. The first-order chi connectivity index (χ1) is 12.7. The summed E-state index contributed by atoms with van der Waals surface area (Å²) in [6.07, 6.45) is 0. The number of nitrogens with zero attached hydrogens (tertiary/aromatic N) is 2. The lowest BCUT2D eigenvalue weighted by Gasteiger charge is -2.19. The zero-order chi connectivity index (χ0) is 19.8. The molecule has 0 bridgehead atoms. The summed E-state index contributed by atoms with van der Waals surface area (Å²) >= 11 is 1.21. The molecule has 0 saturated heterocycles. The van der Waals surface area contributed by atoms with Crippen molar-refractivity contribution in [3.05, 3.63) is 51.5 Å². The number of alkyl halides is 1. The number of nitrogen functional groups attached to an aromatic ring is 1. The average Bonchev–Trinajstić information content (AvgIpc) is 3.00. The molecule has 4 N–H and O–H groups in total. The standard InChI is InChI=1S/C19H21FN4O2S/c1-10-11(2)23-24-18-14(10)15(21)16(27-18)17(25)22-8-12-4-6-13(7-5-12)19(3,26)9-20/h4-7,26H,8-9,21H2,1-3H3,(H,22,25). The van der Waals surface area contributed by atoms with Crippen LogP contribution in [0.15, 0.2) is 24.3 Å². The normalized spacial score (nSPS) is 13.5. The van der Waals surface area contributed by atoms with Crippen LogP contribution in [0.4, 0.5) is 10.1 Å². The zero-order valence-corrected chi connectivity index (χ0v) is 16.2. The molecule has 0 aliphatic heterocycles. The van der Waals surface area contributed by atoms with E-state index in [-0.39, 0.29) is 12.5 Å². The molecular weight excluding hydrogens is 367 g/mol. The number of rotatable bonds is 5. The third-order valence-corrected chi connectivity index (χ3v) is 5.72. The maximum absolute atomic E-state index is 12.9. The molecule has 1 atom stereocenters. The molecule has 0 saturated carbocycles. The molecule has 3 rings (SSSR count). The van der Waals surface area contributed by atoms with Gasteiger partial charge in [0.1, 0.15) is 22.0 Å². The van der Waals surface area contributed by atoms with Gasteiger partial charge in [0.05, 0.1) is 11.4 Å². The van der Waals surface area contributed by atoms with Crippen molar-refractivity contribution in [3.8, 4) is 0 Å². The first kappa shape index (κ1) is 19.2. The fourth-order valence-electron chi connectivity index (χ4n) is 2.73. The molecule has 0 spiro atoms. The second kappa shape index (κ2) is 7.21. The predicted molar refractivity (Wildman–Crippen MR) is 104 cm³/mol. The molecule has 0 radical (unpaired) electrons. The molecule has 0 aliphatic rings. The number of aryl methyl sites for hydroxylation is 2. The van der Waals surface area contributed by atoms with Gasteiger partial charge in [-0.25, -0.2) is 4.39 Å². The Balaban J connectivity index is 1.76. The number of nitrogens with two attached hydrogens (primary N) is 1. The van der Waals surface area contributed by atoms with Gasteiger partial charge in [-0.2, -0.15) is 5.10 Å². The summed E-state index contributed by atoms with van der Waals surface area (Å²) in [6, 6.07) is 6.78. The van der Waals surface area contributed by atoms with Crippen molar-refractivity contribution in [1.82, 2.24) is 15.5 Å². The maximum Gasteiger partial charge on any atom is 0.263 e. The number of aliphatic hydroxyl groups is 1. The Hall–Kier alpha value is -2.58. The zero-order valence-electron chi connectivity index (χ0n) is 15.3. The quantitative estimate of drug-likeness (QED) is 0.624. The van der Waals surface area contributed by atoms with Crippen molar-refractivity contribution < 1.29 is 14.3 Å². The van der Waals surface area contributed by atoms with Crippen molar-refractivity contribution in [3.63, 3.8) is 0 Å². The van der Waals surface area contributed by atoms with Gasteiger partial charge >= 0.3 is 0 Å². The summed E-state index contributed by atoms with van der Waals surface area (Å²) in [5, 5.41) is 21.7. The molecular formula is C19H21FN4O2S. The summed E-state index contributed by atoms with van der Waals surface area (Å²) in [6.45, 7) is 4.60. The van der Waals surface area contributed by atoms with E-state index in [0.717, 1.165) is 22.2 Å². The highest BCUT2D eigenvalue weighted by Crippen LogP contribution is 2.34. The van der Waals surface area contributed by atoms with Crippen LogP contribution in [0, 0.1) is 13.8 Å². The van der Waals surface area contributed by atoms with Crippen LogP contribution in [-0.2, 0) is 12.1 Å². The van der Waals surface area contributed by atoms with E-state index in [0.29, 0.717) is 21.0 Å². The van der Waals surface area contributed by atoms with Gasteiger partial charge in [0, 0.05) is 11.9 Å². The van der Waals surface area contributed by atoms with Crippen molar-refractivity contribution in [2.45, 2.75) is 32.9 Å². The number of carbonyl (C=O) groups excluding carboxylic acids is 1. The summed E-state index contributed by atoms with van der Waals surface area (Å²) in [5.41, 5.74) is 8.10. The Bertz CT molecular complexity index is 999. The summed E-state index contributed by atoms with van der Waals surface area (Å²) in [5.74, 6) is -0.285. The van der Waals surface area contributed by atoms with Crippen molar-refractivity contribution in [1.29, 1.82) is 0 Å². The highest BCUT2D eigenvalue weighted by molar-refractivity contribution is 7.21. The van der Waals surface area contributed by atoms with Crippen LogP contribution in [0.25, 0.3) is 10.2 Å². The Morgan fingerprint density at radius 2 is 1.96 bits per heavy atom. The number of nitrogens with one attached hydrogen (secondary N) is 1. The van der Waals surface area contributed by atoms with Crippen LogP contribution < -0.4 is 11.1 Å². The molecule has 2 heterocycles. The van der Waals surface area contributed by atoms with Gasteiger partial charge < -0.3 is 16.2 Å². The van der Waals surface area contributed by atoms with Gasteiger partial charge in [0.2, 0.25) is 0 Å². The van der Waals surface area contributed by atoms with Gasteiger partial charge in [-0.05, 0) is 37.5 Å². The molecule has 1 amide bonds. The van der Waals surface area contributed by atoms with Gasteiger partial charge in [0.25, 0.3) is 5.91 Å². The van der Waals surface area contributed by atoms with Crippen molar-refractivity contribution in [2.24, 2.45) is 0 Å². The molecule has 0 aliphatic carbocycles. The molecule has 8 heteroatoms. The Morgan fingerprint density at radius 3 is 2.59 bits per heavy atom. The topological polar surface area (TPSA) is 101 Å². The molecule has 3 aromatic rings. The van der Waals surface area contributed by atoms with Gasteiger partial charge in [-0.3, -0.25) is 4.79 Å². The first-order valence-electron chi connectivity index (χ1n) is 8.42. The Labute approximate surface area is 160 Å². The van der Waals surface area contributed by atoms with Crippen LogP contribution in [0.5, 0.6) is 0 Å². The van der Waals surface area contributed by atoms with Crippen molar-refractivity contribution in [2.75, 3.05) is 12.4 Å². The lowest BCUT2D eigenvalue weighted by Crippen LogP contribution is -2.24. The van der Waals surface area contributed by atoms with Crippen LogP contribution >= 0.6 is 11.3 Å². The van der Waals surface area contributed by atoms with E-state index >= 15 is 0 Å². The number of amides is 1. The number of anilines is 1. The van der Waals surface area contributed by atoms with Crippen LogP contribution in [0.3, 0.4) is 0 Å². The molecule has 27 heavy (non-hydrogen) atoms. The highest BCUT2D eigenvalue weighted by Gasteiger charge is 2.23. The monoisotopic (exact) mass is 388 g/mol. The fourth-order valence-corrected chi connectivity index (χ4v) is 3.75. The van der Waals surface area contributed by atoms with E-state index in [1.54, 1.807) is 24.3 Å². The van der Waals surface area contributed by atoms with E-state index < -0.39 is 12.3 Å². The van der Waals surface area contributed by atoms with E-state index in [1.165, 1.54) is 18.3 Å². The second-order valence-corrected chi connectivity index (χ2v) is 7.72. The SMILES string of the molecule is Cc1nnc2sc(C(=O)NCc3ccc(C(C)(O)CF)cc3)c(N)c2c1C. The minimum absolute atomic E-state index is 0.285.